The predicted molar refractivity (Wildman–Crippen MR) is 71.5 cm³/mol. The van der Waals surface area contributed by atoms with Crippen molar-refractivity contribution in [3.05, 3.63) is 18.2 Å². The Morgan fingerprint density at radius 3 is 2.89 bits per heavy atom. The van der Waals surface area contributed by atoms with E-state index in [1.165, 1.54) is 19.2 Å². The third-order valence-corrected chi connectivity index (χ3v) is 4.47. The van der Waals surface area contributed by atoms with Gasteiger partial charge in [0.05, 0.1) is 23.8 Å². The lowest BCUT2D eigenvalue weighted by Gasteiger charge is -2.13. The van der Waals surface area contributed by atoms with E-state index in [2.05, 4.69) is 4.72 Å². The first-order valence-electron chi connectivity index (χ1n) is 6.06. The van der Waals surface area contributed by atoms with Crippen LogP contribution in [0.15, 0.2) is 23.1 Å². The van der Waals surface area contributed by atoms with Crippen LogP contribution in [0.5, 0.6) is 5.75 Å². The zero-order valence-corrected chi connectivity index (χ0v) is 11.6. The second-order valence-electron chi connectivity index (χ2n) is 4.45. The van der Waals surface area contributed by atoms with Crippen molar-refractivity contribution in [1.29, 1.82) is 0 Å². The van der Waals surface area contributed by atoms with Gasteiger partial charge in [-0.3, -0.25) is 0 Å². The molecule has 0 radical (unpaired) electrons. The van der Waals surface area contributed by atoms with E-state index in [0.29, 0.717) is 30.6 Å². The van der Waals surface area contributed by atoms with Gasteiger partial charge in [0.15, 0.2) is 0 Å². The number of rotatable bonds is 5. The third kappa shape index (κ3) is 3.37. The van der Waals surface area contributed by atoms with Crippen LogP contribution in [0.2, 0.25) is 0 Å². The molecule has 1 fully saturated rings. The molecular weight excluding hydrogens is 268 g/mol. The van der Waals surface area contributed by atoms with Gasteiger partial charge < -0.3 is 15.2 Å². The smallest absolute Gasteiger partial charge is 0.240 e. The van der Waals surface area contributed by atoms with E-state index >= 15 is 0 Å². The number of nitrogen functional groups attached to an aromatic ring is 1. The highest BCUT2D eigenvalue weighted by Gasteiger charge is 2.18. The number of nitrogens with one attached hydrogen (secondary N) is 1. The summed E-state index contributed by atoms with van der Waals surface area (Å²) in [6.45, 7) is 2.00. The molecule has 0 bridgehead atoms. The number of sulfonamides is 1. The van der Waals surface area contributed by atoms with Gasteiger partial charge in [-0.25, -0.2) is 13.1 Å². The number of ether oxygens (including phenoxy) is 2. The van der Waals surface area contributed by atoms with Gasteiger partial charge in [-0.15, -0.1) is 0 Å². The van der Waals surface area contributed by atoms with Crippen LogP contribution >= 0.6 is 0 Å². The SMILES string of the molecule is CNS(=O)(=O)c1ccc(OCC2CCOC2)c(N)c1. The van der Waals surface area contributed by atoms with E-state index in [9.17, 15) is 8.42 Å². The van der Waals surface area contributed by atoms with Crippen LogP contribution in [-0.4, -0.2) is 35.3 Å². The van der Waals surface area contributed by atoms with Crippen molar-refractivity contribution in [3.8, 4) is 5.75 Å². The minimum absolute atomic E-state index is 0.129. The fourth-order valence-electron chi connectivity index (χ4n) is 1.87. The Balaban J connectivity index is 2.06. The molecule has 7 heteroatoms. The molecule has 3 N–H and O–H groups in total. The Morgan fingerprint density at radius 1 is 1.53 bits per heavy atom. The Bertz CT molecular complexity index is 539. The average molecular weight is 286 g/mol. The molecule has 6 nitrogen and oxygen atoms in total. The van der Waals surface area contributed by atoms with E-state index in [0.717, 1.165) is 13.0 Å². The normalized spacial score (nSPS) is 19.5. The minimum atomic E-state index is -3.47. The van der Waals surface area contributed by atoms with Crippen molar-refractivity contribution < 1.29 is 17.9 Å². The number of anilines is 1. The van der Waals surface area contributed by atoms with E-state index in [-0.39, 0.29) is 4.90 Å². The molecule has 2 rings (SSSR count). The van der Waals surface area contributed by atoms with Crippen molar-refractivity contribution in [1.82, 2.24) is 4.72 Å². The summed E-state index contributed by atoms with van der Waals surface area (Å²) >= 11 is 0. The van der Waals surface area contributed by atoms with E-state index in [1.54, 1.807) is 6.07 Å². The van der Waals surface area contributed by atoms with Crippen molar-refractivity contribution in [2.45, 2.75) is 11.3 Å². The van der Waals surface area contributed by atoms with Crippen LogP contribution in [0.3, 0.4) is 0 Å². The number of nitrogens with two attached hydrogens (primary N) is 1. The van der Waals surface area contributed by atoms with Gasteiger partial charge in [0, 0.05) is 12.5 Å². The molecule has 1 heterocycles. The summed E-state index contributed by atoms with van der Waals surface area (Å²) in [5, 5.41) is 0. The summed E-state index contributed by atoms with van der Waals surface area (Å²) in [5.74, 6) is 0.877. The van der Waals surface area contributed by atoms with Crippen LogP contribution in [0, 0.1) is 5.92 Å². The first-order valence-corrected chi connectivity index (χ1v) is 7.55. The van der Waals surface area contributed by atoms with Crippen LogP contribution < -0.4 is 15.2 Å². The number of benzene rings is 1. The molecule has 19 heavy (non-hydrogen) atoms. The van der Waals surface area contributed by atoms with Gasteiger partial charge in [0.1, 0.15) is 5.75 Å². The second-order valence-corrected chi connectivity index (χ2v) is 6.33. The van der Waals surface area contributed by atoms with E-state index in [4.69, 9.17) is 15.2 Å². The number of hydrogen-bond acceptors (Lipinski definition) is 5. The van der Waals surface area contributed by atoms with Crippen LogP contribution in [-0.2, 0) is 14.8 Å². The molecule has 0 aliphatic carbocycles. The van der Waals surface area contributed by atoms with Crippen molar-refractivity contribution in [2.75, 3.05) is 32.6 Å². The molecular formula is C12H18N2O4S. The first kappa shape index (κ1) is 14.1. The number of hydrogen-bond donors (Lipinski definition) is 2. The fraction of sp³-hybridized carbons (Fsp3) is 0.500. The zero-order chi connectivity index (χ0) is 13.9. The topological polar surface area (TPSA) is 90.7 Å². The fourth-order valence-corrected chi connectivity index (χ4v) is 2.63. The summed E-state index contributed by atoms with van der Waals surface area (Å²) in [6, 6.07) is 4.45. The summed E-state index contributed by atoms with van der Waals surface area (Å²) in [7, 11) is -2.12. The Hall–Kier alpha value is -1.31. The highest BCUT2D eigenvalue weighted by atomic mass is 32.2. The molecule has 1 unspecified atom stereocenters. The van der Waals surface area contributed by atoms with Gasteiger partial charge in [0.2, 0.25) is 10.0 Å². The summed E-state index contributed by atoms with van der Waals surface area (Å²) in [5.41, 5.74) is 6.12. The maximum Gasteiger partial charge on any atom is 0.240 e. The molecule has 0 spiro atoms. The maximum absolute atomic E-state index is 11.6. The monoisotopic (exact) mass is 286 g/mol. The van der Waals surface area contributed by atoms with Crippen LogP contribution in [0.4, 0.5) is 5.69 Å². The van der Waals surface area contributed by atoms with E-state index in [1.807, 2.05) is 0 Å². The maximum atomic E-state index is 11.6. The summed E-state index contributed by atoms with van der Waals surface area (Å²) in [6.07, 6.45) is 0.978. The molecule has 1 aromatic rings. The van der Waals surface area contributed by atoms with Crippen molar-refractivity contribution >= 4 is 15.7 Å². The van der Waals surface area contributed by atoms with Crippen molar-refractivity contribution in [3.63, 3.8) is 0 Å². The molecule has 106 valence electrons. The lowest BCUT2D eigenvalue weighted by atomic mass is 10.1. The molecule has 0 aromatic heterocycles. The second kappa shape index (κ2) is 5.77. The summed E-state index contributed by atoms with van der Waals surface area (Å²) < 4.78 is 36.3. The average Bonchev–Trinajstić information content (AvgIpc) is 2.90. The minimum Gasteiger partial charge on any atom is -0.491 e. The predicted octanol–water partition coefficient (Wildman–Crippen LogP) is 0.592. The van der Waals surface area contributed by atoms with Gasteiger partial charge in [0.25, 0.3) is 0 Å². The zero-order valence-electron chi connectivity index (χ0n) is 10.8. The summed E-state index contributed by atoms with van der Waals surface area (Å²) in [4.78, 5) is 0.129. The molecule has 1 aliphatic heterocycles. The molecule has 0 saturated carbocycles. The lowest BCUT2D eigenvalue weighted by Crippen LogP contribution is -2.19. The van der Waals surface area contributed by atoms with E-state index < -0.39 is 10.0 Å². The van der Waals surface area contributed by atoms with Gasteiger partial charge in [-0.1, -0.05) is 0 Å². The van der Waals surface area contributed by atoms with Crippen molar-refractivity contribution in [2.24, 2.45) is 5.92 Å². The molecule has 0 amide bonds. The Morgan fingerprint density at radius 2 is 2.32 bits per heavy atom. The van der Waals surface area contributed by atoms with Gasteiger partial charge in [-0.05, 0) is 31.7 Å². The first-order chi connectivity index (χ1) is 9.03. The van der Waals surface area contributed by atoms with Crippen LogP contribution in [0.25, 0.3) is 0 Å². The van der Waals surface area contributed by atoms with Gasteiger partial charge >= 0.3 is 0 Å². The third-order valence-electron chi connectivity index (χ3n) is 3.06. The largest absolute Gasteiger partial charge is 0.491 e. The Kier molecular flexibility index (Phi) is 4.28. The molecule has 1 aromatic carbocycles. The lowest BCUT2D eigenvalue weighted by molar-refractivity contribution is 0.167. The standard InChI is InChI=1S/C12H18N2O4S/c1-14-19(15,16)10-2-3-12(11(13)6-10)18-8-9-4-5-17-7-9/h2-3,6,9,14H,4-5,7-8,13H2,1H3. The highest BCUT2D eigenvalue weighted by molar-refractivity contribution is 7.89. The van der Waals surface area contributed by atoms with Gasteiger partial charge in [-0.2, -0.15) is 0 Å². The quantitative estimate of drug-likeness (QED) is 0.773. The molecule has 1 aliphatic rings. The molecule has 1 atom stereocenters. The highest BCUT2D eigenvalue weighted by Crippen LogP contribution is 2.26. The Labute approximate surface area is 112 Å². The van der Waals surface area contributed by atoms with Crippen LogP contribution in [0.1, 0.15) is 6.42 Å². The molecule has 1 saturated heterocycles.